The molecular weight excluding hydrogens is 483 g/mol. The molecule has 0 fully saturated rings. The van der Waals surface area contributed by atoms with Crippen molar-refractivity contribution in [3.8, 4) is 11.4 Å². The zero-order chi connectivity index (χ0) is 24.8. The van der Waals surface area contributed by atoms with E-state index in [1.807, 2.05) is 49.6 Å². The molecule has 0 atom stereocenters. The fourth-order valence-electron chi connectivity index (χ4n) is 3.72. The highest BCUT2D eigenvalue weighted by atomic mass is 35.5. The van der Waals surface area contributed by atoms with Crippen molar-refractivity contribution in [3.63, 3.8) is 0 Å². The third-order valence-corrected chi connectivity index (χ3v) is 6.91. The number of halogens is 2. The van der Waals surface area contributed by atoms with Gasteiger partial charge in [-0.2, -0.15) is 0 Å². The number of ether oxygens (including phenoxy) is 1. The topological polar surface area (TPSA) is 33.5 Å². The van der Waals surface area contributed by atoms with E-state index in [9.17, 15) is 4.39 Å². The van der Waals surface area contributed by atoms with Gasteiger partial charge in [0.15, 0.2) is 5.16 Å². The minimum Gasteiger partial charge on any atom is -0.497 e. The second-order valence-corrected chi connectivity index (χ2v) is 9.64. The highest BCUT2D eigenvalue weighted by Crippen LogP contribution is 2.27. The van der Waals surface area contributed by atoms with Crippen LogP contribution in [0.1, 0.15) is 5.69 Å². The van der Waals surface area contributed by atoms with E-state index < -0.39 is 0 Å². The van der Waals surface area contributed by atoms with E-state index in [0.717, 1.165) is 46.0 Å². The van der Waals surface area contributed by atoms with Crippen LogP contribution >= 0.6 is 23.4 Å². The molecule has 3 aromatic carbocycles. The summed E-state index contributed by atoms with van der Waals surface area (Å²) in [4.78, 5) is 9.03. The Morgan fingerprint density at radius 3 is 2.20 bits per heavy atom. The molecule has 5 nitrogen and oxygen atoms in total. The Kier molecular flexibility index (Phi) is 8.21. The summed E-state index contributed by atoms with van der Waals surface area (Å²) in [5.74, 6) is 1.46. The zero-order valence-corrected chi connectivity index (χ0v) is 21.6. The molecule has 0 aliphatic carbocycles. The van der Waals surface area contributed by atoms with Crippen molar-refractivity contribution in [3.05, 3.63) is 95.5 Å². The van der Waals surface area contributed by atoms with Crippen LogP contribution in [-0.4, -0.2) is 43.1 Å². The second-order valence-electron chi connectivity index (χ2n) is 8.14. The van der Waals surface area contributed by atoms with Gasteiger partial charge in [0.2, 0.25) is 0 Å². The summed E-state index contributed by atoms with van der Waals surface area (Å²) in [6.07, 6.45) is 1.91. The van der Waals surface area contributed by atoms with Crippen molar-refractivity contribution >= 4 is 34.7 Å². The predicted octanol–water partition coefficient (Wildman–Crippen LogP) is 6.54. The number of rotatable bonds is 10. The standard InChI is InChI=1S/C27H28ClFN4OS/c1-31(22-12-14-26(34-3)15-13-22)16-17-35-27-30-18-25(33(27)24-8-4-20(28)5-9-24)19-32(2)23-10-6-21(29)7-11-23/h4-15,18H,16-17,19H2,1-3H3. The summed E-state index contributed by atoms with van der Waals surface area (Å²) in [5.41, 5.74) is 4.10. The molecule has 4 rings (SSSR count). The van der Waals surface area contributed by atoms with E-state index in [2.05, 4.69) is 33.5 Å². The third kappa shape index (κ3) is 6.29. The quantitative estimate of drug-likeness (QED) is 0.226. The summed E-state index contributed by atoms with van der Waals surface area (Å²) in [7, 11) is 5.74. The molecule has 0 saturated carbocycles. The first-order chi connectivity index (χ1) is 16.9. The number of hydrogen-bond acceptors (Lipinski definition) is 5. The van der Waals surface area contributed by atoms with Crippen molar-refractivity contribution in [2.24, 2.45) is 0 Å². The lowest BCUT2D eigenvalue weighted by atomic mass is 10.2. The van der Waals surface area contributed by atoms with Crippen LogP contribution in [0.25, 0.3) is 5.69 Å². The Labute approximate surface area is 215 Å². The number of nitrogens with zero attached hydrogens (tertiary/aromatic N) is 4. The number of aromatic nitrogens is 2. The van der Waals surface area contributed by atoms with Gasteiger partial charge in [0.25, 0.3) is 0 Å². The Morgan fingerprint density at radius 1 is 0.914 bits per heavy atom. The van der Waals surface area contributed by atoms with Gasteiger partial charge < -0.3 is 14.5 Å². The number of thioether (sulfide) groups is 1. The van der Waals surface area contributed by atoms with Crippen LogP contribution in [0.3, 0.4) is 0 Å². The first-order valence-electron chi connectivity index (χ1n) is 11.2. The lowest BCUT2D eigenvalue weighted by molar-refractivity contribution is 0.415. The number of imidazole rings is 1. The molecule has 182 valence electrons. The van der Waals surface area contributed by atoms with E-state index in [1.165, 1.54) is 12.1 Å². The average Bonchev–Trinajstić information content (AvgIpc) is 3.27. The summed E-state index contributed by atoms with van der Waals surface area (Å²) in [6, 6.07) is 22.3. The Balaban J connectivity index is 1.50. The summed E-state index contributed by atoms with van der Waals surface area (Å²) >= 11 is 7.85. The van der Waals surface area contributed by atoms with Gasteiger partial charge in [-0.05, 0) is 72.8 Å². The molecule has 0 unspecified atom stereocenters. The Morgan fingerprint density at radius 2 is 1.54 bits per heavy atom. The molecule has 0 amide bonds. The fourth-order valence-corrected chi connectivity index (χ4v) is 4.87. The summed E-state index contributed by atoms with van der Waals surface area (Å²) < 4.78 is 20.8. The van der Waals surface area contributed by atoms with Crippen LogP contribution in [0, 0.1) is 5.82 Å². The van der Waals surface area contributed by atoms with Crippen LogP contribution in [0.4, 0.5) is 15.8 Å². The monoisotopic (exact) mass is 510 g/mol. The molecule has 1 aromatic heterocycles. The van der Waals surface area contributed by atoms with E-state index in [4.69, 9.17) is 21.3 Å². The number of anilines is 2. The first-order valence-corrected chi connectivity index (χ1v) is 12.6. The largest absolute Gasteiger partial charge is 0.497 e. The molecule has 0 N–H and O–H groups in total. The maximum absolute atomic E-state index is 13.4. The maximum Gasteiger partial charge on any atom is 0.172 e. The molecule has 0 spiro atoms. The number of benzene rings is 3. The second kappa shape index (κ2) is 11.5. The SMILES string of the molecule is COc1ccc(N(C)CCSc2ncc(CN(C)c3ccc(F)cc3)n2-c2ccc(Cl)cc2)cc1. The molecule has 0 bridgehead atoms. The van der Waals surface area contributed by atoms with Crippen LogP contribution < -0.4 is 14.5 Å². The lowest BCUT2D eigenvalue weighted by Gasteiger charge is -2.21. The molecule has 0 aliphatic rings. The molecule has 0 radical (unpaired) electrons. The van der Waals surface area contributed by atoms with Gasteiger partial charge in [-0.25, -0.2) is 9.37 Å². The Hall–Kier alpha value is -3.16. The predicted molar refractivity (Wildman–Crippen MR) is 144 cm³/mol. The van der Waals surface area contributed by atoms with Crippen molar-refractivity contribution < 1.29 is 9.13 Å². The van der Waals surface area contributed by atoms with E-state index in [0.29, 0.717) is 11.6 Å². The van der Waals surface area contributed by atoms with Gasteiger partial charge in [-0.3, -0.25) is 4.57 Å². The molecule has 35 heavy (non-hydrogen) atoms. The summed E-state index contributed by atoms with van der Waals surface area (Å²) in [5, 5.41) is 1.60. The molecule has 0 aliphatic heterocycles. The van der Waals surface area contributed by atoms with E-state index >= 15 is 0 Å². The highest BCUT2D eigenvalue weighted by molar-refractivity contribution is 7.99. The van der Waals surface area contributed by atoms with Gasteiger partial charge in [0.1, 0.15) is 11.6 Å². The van der Waals surface area contributed by atoms with Gasteiger partial charge in [-0.1, -0.05) is 23.4 Å². The van der Waals surface area contributed by atoms with E-state index in [1.54, 1.807) is 31.0 Å². The zero-order valence-electron chi connectivity index (χ0n) is 20.0. The number of methoxy groups -OCH3 is 1. The van der Waals surface area contributed by atoms with Gasteiger partial charge in [0, 0.05) is 48.5 Å². The van der Waals surface area contributed by atoms with Crippen LogP contribution in [0.5, 0.6) is 5.75 Å². The van der Waals surface area contributed by atoms with Crippen molar-refractivity contribution in [1.82, 2.24) is 9.55 Å². The van der Waals surface area contributed by atoms with Gasteiger partial charge >= 0.3 is 0 Å². The number of hydrogen-bond donors (Lipinski definition) is 0. The third-order valence-electron chi connectivity index (χ3n) is 5.72. The van der Waals surface area contributed by atoms with Crippen LogP contribution in [0.15, 0.2) is 84.1 Å². The van der Waals surface area contributed by atoms with Crippen LogP contribution in [0.2, 0.25) is 5.02 Å². The fraction of sp³-hybridized carbons (Fsp3) is 0.222. The van der Waals surface area contributed by atoms with E-state index in [-0.39, 0.29) is 5.82 Å². The van der Waals surface area contributed by atoms with Crippen molar-refractivity contribution in [1.29, 1.82) is 0 Å². The molecule has 8 heteroatoms. The van der Waals surface area contributed by atoms with Crippen LogP contribution in [-0.2, 0) is 6.54 Å². The normalized spacial score (nSPS) is 10.9. The van der Waals surface area contributed by atoms with Gasteiger partial charge in [-0.15, -0.1) is 0 Å². The minimum atomic E-state index is -0.244. The smallest absolute Gasteiger partial charge is 0.172 e. The summed E-state index contributed by atoms with van der Waals surface area (Å²) in [6.45, 7) is 1.48. The van der Waals surface area contributed by atoms with Crippen molar-refractivity contribution in [2.45, 2.75) is 11.7 Å². The average molecular weight is 511 g/mol. The lowest BCUT2D eigenvalue weighted by Crippen LogP contribution is -2.20. The van der Waals surface area contributed by atoms with Gasteiger partial charge in [0.05, 0.1) is 25.5 Å². The highest BCUT2D eigenvalue weighted by Gasteiger charge is 2.15. The van der Waals surface area contributed by atoms with Crippen molar-refractivity contribution in [2.75, 3.05) is 43.3 Å². The molecule has 4 aromatic rings. The molecular formula is C27H28ClFN4OS. The maximum atomic E-state index is 13.4. The first kappa shape index (κ1) is 24.9. The minimum absolute atomic E-state index is 0.244. The Bertz CT molecular complexity index is 1230. The molecule has 0 saturated heterocycles. The molecule has 1 heterocycles.